The molecular weight excluding hydrogens is 752 g/mol. The number of nitrogens with zero attached hydrogens (tertiary/aromatic N) is 8. The highest BCUT2D eigenvalue weighted by atomic mass is 35.5. The zero-order chi connectivity index (χ0) is 39.7. The van der Waals surface area contributed by atoms with Gasteiger partial charge >= 0.3 is 29.9 Å². The summed E-state index contributed by atoms with van der Waals surface area (Å²) in [6, 6.07) is 15.1. The molecule has 2 aliphatic heterocycles. The molecule has 7 rings (SSSR count). The summed E-state index contributed by atoms with van der Waals surface area (Å²) < 4.78 is 1.93. The Bertz CT molecular complexity index is 2360. The Kier molecular flexibility index (Phi) is 10.4. The number of benzene rings is 3. The van der Waals surface area contributed by atoms with Crippen molar-refractivity contribution in [1.82, 2.24) is 34.6 Å². The maximum Gasteiger partial charge on any atom is 0.416 e. The molecule has 20 heteroatoms. The number of carboxylic acids is 1. The van der Waals surface area contributed by atoms with Crippen LogP contribution in [0.3, 0.4) is 0 Å². The highest BCUT2D eigenvalue weighted by molar-refractivity contribution is 6.41. The van der Waals surface area contributed by atoms with Crippen LogP contribution in [0.2, 0.25) is 5.02 Å². The van der Waals surface area contributed by atoms with Gasteiger partial charge in [-0.3, -0.25) is 14.4 Å². The minimum atomic E-state index is -1.50. The second-order valence-corrected chi connectivity index (χ2v) is 13.6. The third-order valence-corrected chi connectivity index (χ3v) is 9.86. The number of amides is 5. The standard InChI is InChI=1S/C36H33ClN10O9/c37-22-3-7-27(46-19-38-41-42-46)28(18-22)44-13-14-45(33(51)32(44)50)29(15-20-1-4-23(5-2-20)40-35(54)43-11-9-25(48)10-12-43)31(49)39-24-6-8-26-21(16-24)17-30(34(52)53)47(26)36(55)56/h1-8,16-19,25,29,48H,9-15H2,(H,39,49)(H,40,54)(H,52,53)(H,55,56)/t29-/m0/s1. The van der Waals surface area contributed by atoms with E-state index in [0.29, 0.717) is 47.4 Å². The molecule has 2 saturated heterocycles. The van der Waals surface area contributed by atoms with Crippen molar-refractivity contribution in [1.29, 1.82) is 0 Å². The number of urea groups is 1. The quantitative estimate of drug-likeness (QED) is 0.136. The Morgan fingerprint density at radius 1 is 0.839 bits per heavy atom. The highest BCUT2D eigenvalue weighted by Gasteiger charge is 2.41. The van der Waals surface area contributed by atoms with Crippen molar-refractivity contribution in [3.05, 3.63) is 89.3 Å². The molecule has 3 aromatic carbocycles. The Balaban J connectivity index is 1.15. The first-order valence-corrected chi connectivity index (χ1v) is 17.7. The lowest BCUT2D eigenvalue weighted by atomic mass is 10.0. The summed E-state index contributed by atoms with van der Waals surface area (Å²) in [6.07, 6.45) is 0.288. The molecule has 2 fully saturated rings. The lowest BCUT2D eigenvalue weighted by Gasteiger charge is -2.38. The predicted octanol–water partition coefficient (Wildman–Crippen LogP) is 2.91. The van der Waals surface area contributed by atoms with Crippen LogP contribution in [0.15, 0.2) is 73.1 Å². The largest absolute Gasteiger partial charge is 0.477 e. The van der Waals surface area contributed by atoms with Gasteiger partial charge in [-0.05, 0) is 83.4 Å². The molecule has 2 aliphatic rings. The van der Waals surface area contributed by atoms with E-state index in [2.05, 4.69) is 26.2 Å². The molecule has 2 aromatic heterocycles. The topological polar surface area (TPSA) is 245 Å². The molecule has 288 valence electrons. The number of hydrogen-bond donors (Lipinski definition) is 5. The van der Waals surface area contributed by atoms with E-state index in [1.54, 1.807) is 41.3 Å². The Morgan fingerprint density at radius 2 is 1.57 bits per heavy atom. The van der Waals surface area contributed by atoms with E-state index in [1.165, 1.54) is 40.2 Å². The number of piperidine rings is 1. The highest BCUT2D eigenvalue weighted by Crippen LogP contribution is 2.31. The number of carbonyl (C=O) groups excluding carboxylic acids is 4. The number of nitrogens with one attached hydrogen (secondary N) is 2. The Morgan fingerprint density at radius 3 is 2.25 bits per heavy atom. The normalized spacial score (nSPS) is 15.6. The van der Waals surface area contributed by atoms with Crippen LogP contribution in [-0.4, -0.2) is 124 Å². The molecule has 0 aliphatic carbocycles. The SMILES string of the molecule is O=C(O)c1cc2cc(NC(=O)[C@H](Cc3ccc(NC(=O)N4CCC(O)CC4)cc3)N3CCN(c4cc(Cl)ccc4-n4cnnn4)C(=O)C3=O)ccc2n1C(=O)O. The number of hydrogen-bond acceptors (Lipinski definition) is 10. The third kappa shape index (κ3) is 7.57. The number of halogens is 1. The van der Waals surface area contributed by atoms with Crippen molar-refractivity contribution < 1.29 is 44.1 Å². The van der Waals surface area contributed by atoms with E-state index in [9.17, 15) is 44.1 Å². The van der Waals surface area contributed by atoms with Crippen LogP contribution in [0.1, 0.15) is 28.9 Å². The van der Waals surface area contributed by atoms with Gasteiger partial charge in [0.2, 0.25) is 5.91 Å². The van der Waals surface area contributed by atoms with E-state index < -0.39 is 47.6 Å². The van der Waals surface area contributed by atoms with E-state index in [-0.39, 0.29) is 52.8 Å². The van der Waals surface area contributed by atoms with Gasteiger partial charge in [-0.2, -0.15) is 4.68 Å². The fourth-order valence-corrected chi connectivity index (χ4v) is 6.97. The number of aliphatic hydroxyl groups excluding tert-OH is 1. The fraction of sp³-hybridized carbons (Fsp3) is 0.250. The lowest BCUT2D eigenvalue weighted by molar-refractivity contribution is -0.149. The second-order valence-electron chi connectivity index (χ2n) is 13.1. The molecule has 19 nitrogen and oxygen atoms in total. The molecule has 56 heavy (non-hydrogen) atoms. The zero-order valence-corrected chi connectivity index (χ0v) is 30.0. The summed E-state index contributed by atoms with van der Waals surface area (Å²) in [5.41, 5.74) is 1.48. The number of rotatable bonds is 9. The summed E-state index contributed by atoms with van der Waals surface area (Å²) in [5.74, 6) is -4.06. The lowest BCUT2D eigenvalue weighted by Crippen LogP contribution is -2.60. The Hall–Kier alpha value is -6.86. The minimum Gasteiger partial charge on any atom is -0.477 e. The molecule has 0 unspecified atom stereocenters. The van der Waals surface area contributed by atoms with Crippen molar-refractivity contribution in [2.75, 3.05) is 41.7 Å². The first kappa shape index (κ1) is 37.5. The summed E-state index contributed by atoms with van der Waals surface area (Å²) in [5, 5.41) is 46.2. The number of aromatic carboxylic acids is 1. The number of carboxylic acid groups (broad SMARTS) is 2. The molecule has 5 amide bonds. The maximum absolute atomic E-state index is 14.2. The van der Waals surface area contributed by atoms with Gasteiger partial charge in [0.1, 0.15) is 18.1 Å². The van der Waals surface area contributed by atoms with Crippen molar-refractivity contribution >= 4 is 75.4 Å². The van der Waals surface area contributed by atoms with Crippen LogP contribution in [0.4, 0.5) is 26.7 Å². The first-order valence-electron chi connectivity index (χ1n) is 17.3. The van der Waals surface area contributed by atoms with Crippen LogP contribution in [-0.2, 0) is 20.8 Å². The molecule has 0 bridgehead atoms. The van der Waals surface area contributed by atoms with Gasteiger partial charge in [-0.1, -0.05) is 23.7 Å². The molecule has 0 spiro atoms. The summed E-state index contributed by atoms with van der Waals surface area (Å²) in [4.78, 5) is 82.4. The first-order chi connectivity index (χ1) is 26.9. The summed E-state index contributed by atoms with van der Waals surface area (Å²) in [6.45, 7) is 0.717. The van der Waals surface area contributed by atoms with Gasteiger partial charge in [-0.15, -0.1) is 5.10 Å². The van der Waals surface area contributed by atoms with E-state index in [4.69, 9.17) is 11.6 Å². The van der Waals surface area contributed by atoms with Crippen molar-refractivity contribution in [2.24, 2.45) is 0 Å². The van der Waals surface area contributed by atoms with E-state index >= 15 is 0 Å². The molecular formula is C36H33ClN10O9. The number of fused-ring (bicyclic) bond motifs is 1. The minimum absolute atomic E-state index is 0.0328. The van der Waals surface area contributed by atoms with Crippen LogP contribution < -0.4 is 15.5 Å². The third-order valence-electron chi connectivity index (χ3n) is 9.62. The van der Waals surface area contributed by atoms with Gasteiger partial charge in [0, 0.05) is 54.4 Å². The Labute approximate surface area is 321 Å². The van der Waals surface area contributed by atoms with Gasteiger partial charge in [0.15, 0.2) is 0 Å². The second kappa shape index (κ2) is 15.5. The van der Waals surface area contributed by atoms with Gasteiger partial charge in [0.25, 0.3) is 0 Å². The average Bonchev–Trinajstić information content (AvgIpc) is 3.85. The number of piperazine rings is 1. The number of carbonyl (C=O) groups is 6. The number of tetrazole rings is 1. The number of aromatic nitrogens is 5. The molecule has 0 radical (unpaired) electrons. The summed E-state index contributed by atoms with van der Waals surface area (Å²) >= 11 is 6.29. The molecule has 0 saturated carbocycles. The fourth-order valence-electron chi connectivity index (χ4n) is 6.80. The van der Waals surface area contributed by atoms with E-state index in [1.807, 2.05) is 0 Å². The van der Waals surface area contributed by atoms with Crippen LogP contribution >= 0.6 is 11.6 Å². The van der Waals surface area contributed by atoms with Gasteiger partial charge in [0.05, 0.1) is 23.0 Å². The maximum atomic E-state index is 14.2. The number of aliphatic hydroxyl groups is 1. The zero-order valence-electron chi connectivity index (χ0n) is 29.3. The summed E-state index contributed by atoms with van der Waals surface area (Å²) in [7, 11) is 0. The predicted molar refractivity (Wildman–Crippen MR) is 199 cm³/mol. The molecule has 5 N–H and O–H groups in total. The number of anilines is 3. The monoisotopic (exact) mass is 784 g/mol. The van der Waals surface area contributed by atoms with Crippen LogP contribution in [0.25, 0.3) is 16.6 Å². The van der Waals surface area contributed by atoms with Crippen molar-refractivity contribution in [3.63, 3.8) is 0 Å². The van der Waals surface area contributed by atoms with Crippen molar-refractivity contribution in [2.45, 2.75) is 31.4 Å². The average molecular weight is 785 g/mol. The van der Waals surface area contributed by atoms with Crippen LogP contribution in [0, 0.1) is 0 Å². The van der Waals surface area contributed by atoms with Crippen LogP contribution in [0.5, 0.6) is 0 Å². The van der Waals surface area contributed by atoms with Gasteiger partial charge in [-0.25, -0.2) is 19.0 Å². The van der Waals surface area contributed by atoms with Crippen molar-refractivity contribution in [3.8, 4) is 5.69 Å². The molecule has 1 atom stereocenters. The van der Waals surface area contributed by atoms with Gasteiger partial charge < -0.3 is 40.7 Å². The molecule has 4 heterocycles. The van der Waals surface area contributed by atoms with E-state index in [0.717, 1.165) is 11.0 Å². The molecule has 5 aromatic rings. The smallest absolute Gasteiger partial charge is 0.416 e. The number of likely N-dealkylation sites (tertiary alicyclic amines) is 1.